The first-order valence-electron chi connectivity index (χ1n) is 6.80. The molecule has 0 saturated carbocycles. The molecule has 0 unspecified atom stereocenters. The number of hydrogen-bond donors (Lipinski definition) is 1. The molecule has 0 saturated heterocycles. The van der Waals surface area contributed by atoms with E-state index in [2.05, 4.69) is 55.5 Å². The van der Waals surface area contributed by atoms with Crippen LogP contribution in [0, 0.1) is 0 Å². The smallest absolute Gasteiger partial charge is 0.155 e. The predicted octanol–water partition coefficient (Wildman–Crippen LogP) is 4.09. The number of thioether (sulfide) groups is 1. The lowest BCUT2D eigenvalue weighted by Gasteiger charge is -2.34. The maximum atomic E-state index is 6.09. The molecule has 1 heterocycles. The quantitative estimate of drug-likeness (QED) is 0.900. The van der Waals surface area contributed by atoms with Crippen LogP contribution in [0.25, 0.3) is 0 Å². The van der Waals surface area contributed by atoms with E-state index in [4.69, 9.17) is 10.7 Å². The number of rotatable bonds is 2. The maximum absolute atomic E-state index is 6.09. The summed E-state index contributed by atoms with van der Waals surface area (Å²) in [4.78, 5) is 4.72. The van der Waals surface area contributed by atoms with Crippen LogP contribution in [0.4, 0.5) is 0 Å². The molecule has 0 fully saturated rings. The van der Waals surface area contributed by atoms with Crippen LogP contribution in [-0.4, -0.2) is 5.17 Å². The average Bonchev–Trinajstić information content (AvgIpc) is 2.48. The fourth-order valence-corrected chi connectivity index (χ4v) is 3.94. The number of nitrogens with two attached hydrogens (primary N) is 1. The van der Waals surface area contributed by atoms with Crippen LogP contribution in [0.1, 0.15) is 29.7 Å². The fourth-order valence-electron chi connectivity index (χ4n) is 2.70. The first-order valence-corrected chi connectivity index (χ1v) is 7.68. The Hall–Kier alpha value is -1.74. The largest absolute Gasteiger partial charge is 0.378 e. The SMILES string of the molecule is C[C@]1(c2ccccc2)C[C@H](c2ccccc2)SC(N)=N1. The van der Waals surface area contributed by atoms with Crippen LogP contribution in [0.5, 0.6) is 0 Å². The molecule has 1 aliphatic rings. The molecule has 0 amide bonds. The molecule has 2 N–H and O–H groups in total. The third-order valence-electron chi connectivity index (χ3n) is 3.77. The van der Waals surface area contributed by atoms with E-state index in [0.29, 0.717) is 10.4 Å². The van der Waals surface area contributed by atoms with Crippen LogP contribution in [0.15, 0.2) is 65.7 Å². The molecule has 3 heteroatoms. The molecule has 2 aromatic rings. The van der Waals surface area contributed by atoms with Crippen molar-refractivity contribution in [1.29, 1.82) is 0 Å². The first-order chi connectivity index (χ1) is 9.67. The van der Waals surface area contributed by atoms with Crippen LogP contribution < -0.4 is 5.73 Å². The van der Waals surface area contributed by atoms with Gasteiger partial charge in [0, 0.05) is 5.25 Å². The molecule has 0 bridgehead atoms. The number of aliphatic imine (C=N–C) groups is 1. The van der Waals surface area contributed by atoms with E-state index in [-0.39, 0.29) is 5.54 Å². The van der Waals surface area contributed by atoms with Crippen molar-refractivity contribution in [1.82, 2.24) is 0 Å². The van der Waals surface area contributed by atoms with E-state index < -0.39 is 0 Å². The van der Waals surface area contributed by atoms with Gasteiger partial charge in [-0.05, 0) is 24.5 Å². The molecule has 2 atom stereocenters. The molecule has 0 aliphatic carbocycles. The summed E-state index contributed by atoms with van der Waals surface area (Å²) < 4.78 is 0. The Morgan fingerprint density at radius 1 is 1.05 bits per heavy atom. The molecule has 0 spiro atoms. The van der Waals surface area contributed by atoms with E-state index in [1.807, 2.05) is 12.1 Å². The third kappa shape index (κ3) is 2.59. The van der Waals surface area contributed by atoms with Crippen LogP contribution in [0.2, 0.25) is 0 Å². The minimum Gasteiger partial charge on any atom is -0.378 e. The normalized spacial score (nSPS) is 26.1. The highest BCUT2D eigenvalue weighted by atomic mass is 32.2. The Balaban J connectivity index is 1.96. The summed E-state index contributed by atoms with van der Waals surface area (Å²) in [6.07, 6.45) is 0.965. The van der Waals surface area contributed by atoms with E-state index in [9.17, 15) is 0 Å². The van der Waals surface area contributed by atoms with Crippen molar-refractivity contribution in [3.63, 3.8) is 0 Å². The topological polar surface area (TPSA) is 38.4 Å². The van der Waals surface area contributed by atoms with Gasteiger partial charge < -0.3 is 5.73 Å². The van der Waals surface area contributed by atoms with Crippen molar-refractivity contribution in [3.8, 4) is 0 Å². The summed E-state index contributed by atoms with van der Waals surface area (Å²) in [5.41, 5.74) is 8.39. The van der Waals surface area contributed by atoms with E-state index in [0.717, 1.165) is 6.42 Å². The van der Waals surface area contributed by atoms with Crippen molar-refractivity contribution >= 4 is 16.9 Å². The highest BCUT2D eigenvalue weighted by molar-refractivity contribution is 8.14. The van der Waals surface area contributed by atoms with Gasteiger partial charge in [-0.1, -0.05) is 72.4 Å². The van der Waals surface area contributed by atoms with E-state index in [1.54, 1.807) is 11.8 Å². The van der Waals surface area contributed by atoms with Gasteiger partial charge in [0.1, 0.15) is 0 Å². The fraction of sp³-hybridized carbons (Fsp3) is 0.235. The third-order valence-corrected chi connectivity index (χ3v) is 4.83. The van der Waals surface area contributed by atoms with Gasteiger partial charge in [-0.3, -0.25) is 4.99 Å². The minimum atomic E-state index is -0.239. The summed E-state index contributed by atoms with van der Waals surface area (Å²) >= 11 is 1.66. The Morgan fingerprint density at radius 2 is 1.65 bits per heavy atom. The monoisotopic (exact) mass is 282 g/mol. The second-order valence-corrected chi connectivity index (χ2v) is 6.53. The molecule has 2 nitrogen and oxygen atoms in total. The average molecular weight is 282 g/mol. The van der Waals surface area contributed by atoms with Gasteiger partial charge in [0.05, 0.1) is 5.54 Å². The van der Waals surface area contributed by atoms with Gasteiger partial charge in [-0.25, -0.2) is 0 Å². The summed E-state index contributed by atoms with van der Waals surface area (Å²) in [6, 6.07) is 21.0. The number of amidine groups is 1. The van der Waals surface area contributed by atoms with Crippen molar-refractivity contribution < 1.29 is 0 Å². The minimum absolute atomic E-state index is 0.239. The predicted molar refractivity (Wildman–Crippen MR) is 86.8 cm³/mol. The second kappa shape index (κ2) is 5.33. The molecule has 102 valence electrons. The molecular formula is C17H18N2S. The Labute approximate surface area is 124 Å². The summed E-state index contributed by atoms with van der Waals surface area (Å²) in [7, 11) is 0. The molecule has 0 aromatic heterocycles. The zero-order chi connectivity index (χ0) is 14.0. The Bertz CT molecular complexity index is 609. The van der Waals surface area contributed by atoms with E-state index >= 15 is 0 Å². The number of hydrogen-bond acceptors (Lipinski definition) is 3. The molecule has 20 heavy (non-hydrogen) atoms. The molecule has 0 radical (unpaired) electrons. The van der Waals surface area contributed by atoms with Crippen LogP contribution >= 0.6 is 11.8 Å². The highest BCUT2D eigenvalue weighted by Crippen LogP contribution is 2.46. The van der Waals surface area contributed by atoms with Crippen molar-refractivity contribution in [2.75, 3.05) is 0 Å². The molecule has 3 rings (SSSR count). The highest BCUT2D eigenvalue weighted by Gasteiger charge is 2.35. The van der Waals surface area contributed by atoms with Gasteiger partial charge in [0.25, 0.3) is 0 Å². The van der Waals surface area contributed by atoms with Gasteiger partial charge in [-0.2, -0.15) is 0 Å². The maximum Gasteiger partial charge on any atom is 0.155 e. The molecule has 2 aromatic carbocycles. The first kappa shape index (κ1) is 13.3. The zero-order valence-electron chi connectivity index (χ0n) is 11.5. The van der Waals surface area contributed by atoms with Gasteiger partial charge >= 0.3 is 0 Å². The molecule has 1 aliphatic heterocycles. The number of nitrogens with zero attached hydrogens (tertiary/aromatic N) is 1. The molecular weight excluding hydrogens is 264 g/mol. The van der Waals surface area contributed by atoms with Gasteiger partial charge in [0.15, 0.2) is 5.17 Å². The lowest BCUT2D eigenvalue weighted by Crippen LogP contribution is -2.30. The van der Waals surface area contributed by atoms with Crippen molar-refractivity contribution in [2.24, 2.45) is 10.7 Å². The summed E-state index contributed by atoms with van der Waals surface area (Å²) in [6.45, 7) is 2.17. The van der Waals surface area contributed by atoms with Gasteiger partial charge in [0.2, 0.25) is 0 Å². The zero-order valence-corrected chi connectivity index (χ0v) is 12.3. The standard InChI is InChI=1S/C17H18N2S/c1-17(14-10-6-3-7-11-14)12-15(20-16(18)19-17)13-8-4-2-5-9-13/h2-11,15H,12H2,1H3,(H2,18,19)/t15-,17-/m1/s1. The van der Waals surface area contributed by atoms with Crippen LogP contribution in [0.3, 0.4) is 0 Å². The van der Waals surface area contributed by atoms with Crippen molar-refractivity contribution in [2.45, 2.75) is 24.1 Å². The van der Waals surface area contributed by atoms with E-state index in [1.165, 1.54) is 11.1 Å². The summed E-state index contributed by atoms with van der Waals surface area (Å²) in [5.74, 6) is 0. The number of benzene rings is 2. The Kier molecular flexibility index (Phi) is 3.53. The lowest BCUT2D eigenvalue weighted by molar-refractivity contribution is 0.448. The Morgan fingerprint density at radius 3 is 2.30 bits per heavy atom. The van der Waals surface area contributed by atoms with Gasteiger partial charge in [-0.15, -0.1) is 0 Å². The summed E-state index contributed by atoms with van der Waals surface area (Å²) in [5, 5.41) is 1.04. The van der Waals surface area contributed by atoms with Crippen molar-refractivity contribution in [3.05, 3.63) is 71.8 Å². The van der Waals surface area contributed by atoms with Crippen LogP contribution in [-0.2, 0) is 5.54 Å². The second-order valence-electron chi connectivity index (χ2n) is 5.31. The lowest BCUT2D eigenvalue weighted by atomic mass is 9.86.